The lowest BCUT2D eigenvalue weighted by Gasteiger charge is -2.30. The Morgan fingerprint density at radius 2 is 1.57 bits per heavy atom. The molecule has 1 aromatic rings. The van der Waals surface area contributed by atoms with Crippen molar-refractivity contribution in [2.45, 2.75) is 84.0 Å². The second-order valence-electron chi connectivity index (χ2n) is 6.41. The maximum Gasteiger partial charge on any atom is 0.290 e. The highest BCUT2D eigenvalue weighted by molar-refractivity contribution is 6.30. The quantitative estimate of drug-likeness (QED) is 0.482. The van der Waals surface area contributed by atoms with Crippen LogP contribution in [0.5, 0.6) is 0 Å². The molecule has 0 aliphatic heterocycles. The zero-order valence-electron chi connectivity index (χ0n) is 14.0. The predicted octanol–water partition coefficient (Wildman–Crippen LogP) is 6.02. The number of unbranched alkanes of at least 4 members (excludes halogenated alkanes) is 5. The topological polar surface area (TPSA) is 17.8 Å². The highest BCUT2D eigenvalue weighted by Gasteiger charge is 2.32. The molecule has 0 aromatic carbocycles. The first-order valence-electron chi connectivity index (χ1n) is 8.34. The van der Waals surface area contributed by atoms with E-state index in [2.05, 4.69) is 25.8 Å². The van der Waals surface area contributed by atoms with E-state index in [9.17, 15) is 4.39 Å². The Hall–Kier alpha value is -0.570. The highest BCUT2D eigenvalue weighted by Crippen LogP contribution is 2.38. The van der Waals surface area contributed by atoms with Gasteiger partial charge in [-0.1, -0.05) is 77.3 Å². The van der Waals surface area contributed by atoms with Gasteiger partial charge in [0.15, 0.2) is 5.15 Å². The van der Waals surface area contributed by atoms with Crippen LogP contribution in [0, 0.1) is 6.08 Å². The number of rotatable bonds is 10. The molecule has 0 aliphatic rings. The van der Waals surface area contributed by atoms with Gasteiger partial charge in [0.25, 0.3) is 6.08 Å². The van der Waals surface area contributed by atoms with Crippen LogP contribution in [0.4, 0.5) is 4.39 Å². The molecule has 2 nitrogen and oxygen atoms in total. The smallest absolute Gasteiger partial charge is 0.290 e. The van der Waals surface area contributed by atoms with Crippen molar-refractivity contribution in [3.63, 3.8) is 0 Å². The van der Waals surface area contributed by atoms with Crippen LogP contribution in [0.25, 0.3) is 0 Å². The fourth-order valence-corrected chi connectivity index (χ4v) is 3.59. The summed E-state index contributed by atoms with van der Waals surface area (Å²) in [7, 11) is 1.73. The summed E-state index contributed by atoms with van der Waals surface area (Å²) in [5, 5.41) is 0.337. The predicted molar refractivity (Wildman–Crippen MR) is 88.4 cm³/mol. The standard InChI is InChI=1S/C17H30ClFN2/c1-5-7-9-11-13-17(3,12-10-8-6-2)14-15(18)20-16(19)21(14)4/h5-13H2,1-4H3. The first-order valence-corrected chi connectivity index (χ1v) is 8.72. The number of aromatic nitrogens is 2. The molecule has 0 spiro atoms. The van der Waals surface area contributed by atoms with E-state index >= 15 is 0 Å². The van der Waals surface area contributed by atoms with Gasteiger partial charge in [-0.05, 0) is 12.8 Å². The third-order valence-corrected chi connectivity index (χ3v) is 4.75. The molecule has 0 radical (unpaired) electrons. The van der Waals surface area contributed by atoms with E-state index in [4.69, 9.17) is 11.6 Å². The van der Waals surface area contributed by atoms with Crippen LogP contribution in [-0.4, -0.2) is 9.55 Å². The Labute approximate surface area is 134 Å². The van der Waals surface area contributed by atoms with Crippen molar-refractivity contribution in [1.82, 2.24) is 9.55 Å². The molecule has 0 fully saturated rings. The minimum Gasteiger partial charge on any atom is -0.306 e. The van der Waals surface area contributed by atoms with E-state index in [1.165, 1.54) is 43.1 Å². The van der Waals surface area contributed by atoms with Crippen molar-refractivity contribution in [1.29, 1.82) is 0 Å². The molecule has 0 N–H and O–H groups in total. The molecule has 1 rings (SSSR count). The average Bonchev–Trinajstić information content (AvgIpc) is 2.69. The maximum atomic E-state index is 13.7. The third kappa shape index (κ3) is 4.98. The van der Waals surface area contributed by atoms with E-state index in [1.54, 1.807) is 7.05 Å². The minimum absolute atomic E-state index is 0.0773. The van der Waals surface area contributed by atoms with Gasteiger partial charge in [0.05, 0.1) is 5.69 Å². The summed E-state index contributed by atoms with van der Waals surface area (Å²) in [5.41, 5.74) is 0.792. The van der Waals surface area contributed by atoms with Gasteiger partial charge in [-0.2, -0.15) is 9.37 Å². The molecule has 122 valence electrons. The van der Waals surface area contributed by atoms with Crippen molar-refractivity contribution < 1.29 is 4.39 Å². The summed E-state index contributed by atoms with van der Waals surface area (Å²) in [5.74, 6) is 0. The van der Waals surface area contributed by atoms with Crippen LogP contribution in [0.3, 0.4) is 0 Å². The van der Waals surface area contributed by atoms with Gasteiger partial charge >= 0.3 is 0 Å². The molecule has 1 aromatic heterocycles. The molecule has 1 atom stereocenters. The number of halogens is 2. The van der Waals surface area contributed by atoms with E-state index in [0.717, 1.165) is 25.0 Å². The van der Waals surface area contributed by atoms with Gasteiger partial charge in [0.2, 0.25) is 0 Å². The fraction of sp³-hybridized carbons (Fsp3) is 0.824. The summed E-state index contributed by atoms with van der Waals surface area (Å²) < 4.78 is 15.3. The van der Waals surface area contributed by atoms with Gasteiger partial charge < -0.3 is 4.57 Å². The van der Waals surface area contributed by atoms with E-state index in [1.807, 2.05) is 0 Å². The Kier molecular flexibility index (Phi) is 7.72. The van der Waals surface area contributed by atoms with Crippen molar-refractivity contribution in [3.05, 3.63) is 16.9 Å². The molecule has 1 heterocycles. The van der Waals surface area contributed by atoms with Gasteiger partial charge in [-0.25, -0.2) is 0 Å². The van der Waals surface area contributed by atoms with Crippen LogP contribution >= 0.6 is 11.6 Å². The Morgan fingerprint density at radius 1 is 1.05 bits per heavy atom. The monoisotopic (exact) mass is 316 g/mol. The van der Waals surface area contributed by atoms with Gasteiger partial charge in [-0.3, -0.25) is 0 Å². The van der Waals surface area contributed by atoms with Crippen LogP contribution in [-0.2, 0) is 12.5 Å². The first-order chi connectivity index (χ1) is 9.96. The van der Waals surface area contributed by atoms with Crippen LogP contribution < -0.4 is 0 Å². The molecule has 21 heavy (non-hydrogen) atoms. The molecule has 0 saturated heterocycles. The highest BCUT2D eigenvalue weighted by atomic mass is 35.5. The normalized spacial score (nSPS) is 14.4. The number of imidazole rings is 1. The lowest BCUT2D eigenvalue weighted by Crippen LogP contribution is -2.26. The van der Waals surface area contributed by atoms with E-state index < -0.39 is 6.08 Å². The van der Waals surface area contributed by atoms with Crippen LogP contribution in [0.1, 0.15) is 84.3 Å². The van der Waals surface area contributed by atoms with Crippen LogP contribution in [0.2, 0.25) is 5.15 Å². The van der Waals surface area contributed by atoms with E-state index in [0.29, 0.717) is 5.15 Å². The Balaban J connectivity index is 2.88. The molecule has 0 amide bonds. The van der Waals surface area contributed by atoms with Crippen molar-refractivity contribution >= 4 is 11.6 Å². The first kappa shape index (κ1) is 18.5. The second kappa shape index (κ2) is 8.77. The second-order valence-corrected chi connectivity index (χ2v) is 6.77. The van der Waals surface area contributed by atoms with Crippen LogP contribution in [0.15, 0.2) is 0 Å². The molecule has 1 unspecified atom stereocenters. The number of nitrogens with zero attached hydrogens (tertiary/aromatic N) is 2. The molecule has 0 saturated carbocycles. The Morgan fingerprint density at radius 3 is 2.05 bits per heavy atom. The molecule has 4 heteroatoms. The lowest BCUT2D eigenvalue weighted by atomic mass is 9.77. The van der Waals surface area contributed by atoms with Crippen molar-refractivity contribution in [2.24, 2.45) is 7.05 Å². The summed E-state index contributed by atoms with van der Waals surface area (Å²) in [6, 6.07) is 0. The number of hydrogen-bond donors (Lipinski definition) is 0. The SMILES string of the molecule is CCCCCCC(C)(CCCCC)c1c(Cl)nc(F)n1C. The minimum atomic E-state index is -0.481. The molecular formula is C17H30ClFN2. The molecular weight excluding hydrogens is 287 g/mol. The maximum absolute atomic E-state index is 13.7. The number of hydrogen-bond acceptors (Lipinski definition) is 1. The fourth-order valence-electron chi connectivity index (χ4n) is 3.16. The third-order valence-electron chi connectivity index (χ3n) is 4.48. The molecule has 0 aliphatic carbocycles. The van der Waals surface area contributed by atoms with E-state index in [-0.39, 0.29) is 5.41 Å². The molecule has 0 bridgehead atoms. The van der Waals surface area contributed by atoms with Gasteiger partial charge in [0.1, 0.15) is 0 Å². The van der Waals surface area contributed by atoms with Crippen molar-refractivity contribution in [3.8, 4) is 0 Å². The summed E-state index contributed by atoms with van der Waals surface area (Å²) in [6.45, 7) is 6.64. The van der Waals surface area contributed by atoms with Crippen molar-refractivity contribution in [2.75, 3.05) is 0 Å². The van der Waals surface area contributed by atoms with Gasteiger partial charge in [-0.15, -0.1) is 0 Å². The zero-order chi connectivity index (χ0) is 15.9. The summed E-state index contributed by atoms with van der Waals surface area (Å²) in [4.78, 5) is 3.81. The zero-order valence-corrected chi connectivity index (χ0v) is 14.8. The average molecular weight is 317 g/mol. The lowest BCUT2D eigenvalue weighted by molar-refractivity contribution is 0.341. The van der Waals surface area contributed by atoms with Gasteiger partial charge in [0, 0.05) is 12.5 Å². The summed E-state index contributed by atoms with van der Waals surface area (Å²) in [6.07, 6.45) is 10.1. The largest absolute Gasteiger partial charge is 0.306 e. The Bertz CT molecular complexity index is 431. The summed E-state index contributed by atoms with van der Waals surface area (Å²) >= 11 is 6.22.